The fourth-order valence-corrected chi connectivity index (χ4v) is 5.42. The molecule has 0 atom stereocenters. The number of benzene rings is 4. The predicted molar refractivity (Wildman–Crippen MR) is 171 cm³/mol. The third-order valence-corrected chi connectivity index (χ3v) is 7.96. The molecule has 0 aliphatic carbocycles. The smallest absolute Gasteiger partial charge is 0.255 e. The number of aryl methyl sites for hydroxylation is 2. The Balaban J connectivity index is 1.20. The van der Waals surface area contributed by atoms with Crippen molar-refractivity contribution in [3.63, 3.8) is 0 Å². The summed E-state index contributed by atoms with van der Waals surface area (Å²) in [6, 6.07) is 30.2. The van der Waals surface area contributed by atoms with Crippen LogP contribution in [-0.4, -0.2) is 58.9 Å². The van der Waals surface area contributed by atoms with Crippen LogP contribution in [-0.2, 0) is 6.54 Å². The summed E-state index contributed by atoms with van der Waals surface area (Å²) in [5, 5.41) is 7.40. The lowest BCUT2D eigenvalue weighted by molar-refractivity contribution is 0.102. The molecule has 7 heteroatoms. The minimum Gasteiger partial charge on any atom is -0.324 e. The Morgan fingerprint density at radius 3 is 2.19 bits per heavy atom. The Hall–Kier alpha value is -4.59. The molecule has 6 rings (SSSR count). The van der Waals surface area contributed by atoms with Crippen molar-refractivity contribution in [2.24, 2.45) is 0 Å². The van der Waals surface area contributed by atoms with E-state index in [0.29, 0.717) is 11.5 Å². The molecule has 1 amide bonds. The number of hydrogen-bond acceptors (Lipinski definition) is 6. The molecule has 1 aliphatic rings. The largest absolute Gasteiger partial charge is 0.324 e. The lowest BCUT2D eigenvalue weighted by atomic mass is 10.0. The van der Waals surface area contributed by atoms with E-state index in [-0.39, 0.29) is 5.91 Å². The number of aromatic nitrogens is 2. The van der Waals surface area contributed by atoms with Crippen LogP contribution >= 0.6 is 0 Å². The zero-order valence-corrected chi connectivity index (χ0v) is 24.4. The van der Waals surface area contributed by atoms with Gasteiger partial charge in [-0.3, -0.25) is 9.69 Å². The van der Waals surface area contributed by atoms with Gasteiger partial charge in [-0.2, -0.15) is 0 Å². The average Bonchev–Trinajstić information content (AvgIpc) is 3.00. The van der Waals surface area contributed by atoms with Gasteiger partial charge in [0, 0.05) is 60.6 Å². The number of amides is 1. The van der Waals surface area contributed by atoms with Crippen molar-refractivity contribution >= 4 is 34.1 Å². The number of carbonyl (C=O) groups is 1. The first-order valence-electron chi connectivity index (χ1n) is 14.4. The highest BCUT2D eigenvalue weighted by atomic mass is 16.1. The zero-order valence-electron chi connectivity index (χ0n) is 24.4. The van der Waals surface area contributed by atoms with Crippen molar-refractivity contribution < 1.29 is 4.79 Å². The molecule has 212 valence electrons. The quantitative estimate of drug-likeness (QED) is 0.234. The molecule has 0 radical (unpaired) electrons. The van der Waals surface area contributed by atoms with E-state index in [2.05, 4.69) is 57.8 Å². The van der Waals surface area contributed by atoms with Crippen LogP contribution in [0, 0.1) is 13.8 Å². The Bertz CT molecular complexity index is 1690. The lowest BCUT2D eigenvalue weighted by Gasteiger charge is -2.32. The molecule has 1 saturated heterocycles. The van der Waals surface area contributed by atoms with Crippen molar-refractivity contribution in [1.82, 2.24) is 19.8 Å². The van der Waals surface area contributed by atoms with Gasteiger partial charge in [0.1, 0.15) is 0 Å². The number of hydrogen-bond donors (Lipinski definition) is 2. The topological polar surface area (TPSA) is 73.4 Å². The number of piperazine rings is 1. The molecule has 0 unspecified atom stereocenters. The van der Waals surface area contributed by atoms with Crippen LogP contribution in [0.1, 0.15) is 27.0 Å². The van der Waals surface area contributed by atoms with Gasteiger partial charge in [-0.05, 0) is 67.9 Å². The van der Waals surface area contributed by atoms with E-state index in [1.54, 1.807) is 0 Å². The number of para-hydroxylation sites is 2. The highest BCUT2D eigenvalue weighted by molar-refractivity contribution is 6.05. The Morgan fingerprint density at radius 1 is 0.786 bits per heavy atom. The number of nitrogens with one attached hydrogen (secondary N) is 2. The molecule has 1 aliphatic heterocycles. The van der Waals surface area contributed by atoms with Crippen LogP contribution in [0.3, 0.4) is 0 Å². The van der Waals surface area contributed by atoms with Crippen molar-refractivity contribution in [3.8, 4) is 11.3 Å². The standard InChI is InChI=1S/C35H36N6O/c1-24-7-6-8-25(2)32(24)38-34(42)28-15-17-29(18-16-28)36-35-37-31-10-5-4-9-30(31)33(39-35)27-13-11-26(12-14-27)23-41-21-19-40(3)20-22-41/h4-18H,19-23H2,1-3H3,(H,38,42)(H,36,37,39). The van der Waals surface area contributed by atoms with E-state index in [4.69, 9.17) is 9.97 Å². The Labute approximate surface area is 247 Å². The van der Waals surface area contributed by atoms with Gasteiger partial charge in [0.15, 0.2) is 0 Å². The summed E-state index contributed by atoms with van der Waals surface area (Å²) in [4.78, 5) is 27.5. The maximum atomic E-state index is 12.9. The maximum Gasteiger partial charge on any atom is 0.255 e. The van der Waals surface area contributed by atoms with Gasteiger partial charge in [0.2, 0.25) is 5.95 Å². The van der Waals surface area contributed by atoms with Crippen molar-refractivity contribution in [1.29, 1.82) is 0 Å². The minimum absolute atomic E-state index is 0.140. The van der Waals surface area contributed by atoms with Gasteiger partial charge in [0.25, 0.3) is 5.91 Å². The molecule has 1 aromatic heterocycles. The van der Waals surface area contributed by atoms with E-state index in [1.165, 1.54) is 5.56 Å². The molecule has 5 aromatic rings. The van der Waals surface area contributed by atoms with E-state index >= 15 is 0 Å². The number of anilines is 3. The monoisotopic (exact) mass is 556 g/mol. The first-order chi connectivity index (χ1) is 20.4. The number of carbonyl (C=O) groups excluding carboxylic acids is 1. The number of fused-ring (bicyclic) bond motifs is 1. The van der Waals surface area contributed by atoms with Crippen LogP contribution in [0.5, 0.6) is 0 Å². The molecule has 0 saturated carbocycles. The second-order valence-electron chi connectivity index (χ2n) is 11.1. The average molecular weight is 557 g/mol. The van der Waals surface area contributed by atoms with Crippen molar-refractivity contribution in [2.45, 2.75) is 20.4 Å². The van der Waals surface area contributed by atoms with Gasteiger partial charge in [-0.25, -0.2) is 9.97 Å². The van der Waals surface area contributed by atoms with Crippen molar-refractivity contribution in [3.05, 3.63) is 113 Å². The van der Waals surface area contributed by atoms with Crippen LogP contribution in [0.15, 0.2) is 91.0 Å². The summed E-state index contributed by atoms with van der Waals surface area (Å²) < 4.78 is 0. The SMILES string of the molecule is Cc1cccc(C)c1NC(=O)c1ccc(Nc2nc(-c3ccc(CN4CCN(C)CC4)cc3)c3ccccc3n2)cc1. The molecule has 2 N–H and O–H groups in total. The predicted octanol–water partition coefficient (Wildman–Crippen LogP) is 6.66. The first-order valence-corrected chi connectivity index (χ1v) is 14.4. The van der Waals surface area contributed by atoms with Gasteiger partial charge in [-0.15, -0.1) is 0 Å². The van der Waals surface area contributed by atoms with Crippen LogP contribution in [0.2, 0.25) is 0 Å². The summed E-state index contributed by atoms with van der Waals surface area (Å²) in [7, 11) is 2.18. The second kappa shape index (κ2) is 12.1. The molecule has 0 bridgehead atoms. The van der Waals surface area contributed by atoms with E-state index < -0.39 is 0 Å². The van der Waals surface area contributed by atoms with E-state index in [9.17, 15) is 4.79 Å². The number of nitrogens with zero attached hydrogens (tertiary/aromatic N) is 4. The highest BCUT2D eigenvalue weighted by Gasteiger charge is 2.15. The number of likely N-dealkylation sites (N-methyl/N-ethyl adjacent to an activating group) is 1. The summed E-state index contributed by atoms with van der Waals surface area (Å²) in [6.45, 7) is 9.38. The molecule has 2 heterocycles. The summed E-state index contributed by atoms with van der Waals surface area (Å²) in [6.07, 6.45) is 0. The zero-order chi connectivity index (χ0) is 29.1. The van der Waals surface area contributed by atoms with Gasteiger partial charge < -0.3 is 15.5 Å². The molecular weight excluding hydrogens is 520 g/mol. The second-order valence-corrected chi connectivity index (χ2v) is 11.1. The Kier molecular flexibility index (Phi) is 7.95. The van der Waals surface area contributed by atoms with E-state index in [1.807, 2.05) is 74.5 Å². The molecule has 42 heavy (non-hydrogen) atoms. The molecular formula is C35H36N6O. The molecule has 7 nitrogen and oxygen atoms in total. The summed E-state index contributed by atoms with van der Waals surface area (Å²) in [5.74, 6) is 0.372. The summed E-state index contributed by atoms with van der Waals surface area (Å²) >= 11 is 0. The third kappa shape index (κ3) is 6.17. The van der Waals surface area contributed by atoms with Crippen molar-refractivity contribution in [2.75, 3.05) is 43.9 Å². The maximum absolute atomic E-state index is 12.9. The highest BCUT2D eigenvalue weighted by Crippen LogP contribution is 2.29. The summed E-state index contributed by atoms with van der Waals surface area (Å²) in [5.41, 5.74) is 8.44. The molecule has 0 spiro atoms. The Morgan fingerprint density at radius 2 is 1.48 bits per heavy atom. The van der Waals surface area contributed by atoms with E-state index in [0.717, 1.165) is 77.4 Å². The van der Waals surface area contributed by atoms with Gasteiger partial charge >= 0.3 is 0 Å². The minimum atomic E-state index is -0.140. The molecule has 4 aromatic carbocycles. The number of rotatable bonds is 7. The normalized spacial score (nSPS) is 14.2. The third-order valence-electron chi connectivity index (χ3n) is 7.96. The first kappa shape index (κ1) is 27.6. The van der Waals surface area contributed by atoms with Gasteiger partial charge in [-0.1, -0.05) is 60.7 Å². The lowest BCUT2D eigenvalue weighted by Crippen LogP contribution is -2.43. The fraction of sp³-hybridized carbons (Fsp3) is 0.229. The van der Waals surface area contributed by atoms with Crippen LogP contribution in [0.4, 0.5) is 17.3 Å². The van der Waals surface area contributed by atoms with Gasteiger partial charge in [0.05, 0.1) is 11.2 Å². The fourth-order valence-electron chi connectivity index (χ4n) is 5.42. The van der Waals surface area contributed by atoms with Crippen LogP contribution < -0.4 is 10.6 Å². The van der Waals surface area contributed by atoms with Crippen LogP contribution in [0.25, 0.3) is 22.2 Å². The molecule has 1 fully saturated rings.